The number of nitrogens with zero attached hydrogens (tertiary/aromatic N) is 2. The molecule has 118 valence electrons. The van der Waals surface area contributed by atoms with E-state index in [-0.39, 0.29) is 0 Å². The lowest BCUT2D eigenvalue weighted by Crippen LogP contribution is -2.43. The molecule has 0 spiro atoms. The monoisotopic (exact) mass is 309 g/mol. The van der Waals surface area contributed by atoms with Crippen LogP contribution in [0.2, 0.25) is 0 Å². The zero-order chi connectivity index (χ0) is 15.6. The largest absolute Gasteiger partial charge is 0.497 e. The highest BCUT2D eigenvalue weighted by molar-refractivity contribution is 5.89. The number of anilines is 1. The first-order chi connectivity index (χ1) is 11.3. The highest BCUT2D eigenvalue weighted by Crippen LogP contribution is 2.32. The van der Waals surface area contributed by atoms with Crippen LogP contribution in [0.3, 0.4) is 0 Å². The number of piperazine rings is 1. The first-order valence-electron chi connectivity index (χ1n) is 7.85. The summed E-state index contributed by atoms with van der Waals surface area (Å²) in [6.45, 7) is 3.97. The van der Waals surface area contributed by atoms with Crippen molar-refractivity contribution in [3.05, 3.63) is 42.5 Å². The average molecular weight is 309 g/mol. The van der Waals surface area contributed by atoms with Crippen molar-refractivity contribution >= 4 is 16.8 Å². The predicted molar refractivity (Wildman–Crippen MR) is 91.1 cm³/mol. The number of fused-ring (bicyclic) bond motifs is 1. The van der Waals surface area contributed by atoms with Gasteiger partial charge in [-0.25, -0.2) is 4.98 Å². The molecule has 1 aromatic heterocycles. The lowest BCUT2D eigenvalue weighted by Gasteiger charge is -2.29. The second kappa shape index (κ2) is 5.93. The third kappa shape index (κ3) is 2.64. The fraction of sp³-hybridized carbons (Fsp3) is 0.278. The number of methoxy groups -OCH3 is 1. The van der Waals surface area contributed by atoms with Crippen molar-refractivity contribution in [2.24, 2.45) is 0 Å². The van der Waals surface area contributed by atoms with Crippen LogP contribution in [0.25, 0.3) is 22.6 Å². The Morgan fingerprint density at radius 2 is 1.96 bits per heavy atom. The number of oxazole rings is 1. The Hall–Kier alpha value is -2.53. The number of hydrogen-bond acceptors (Lipinski definition) is 5. The number of hydrogen-bond donors (Lipinski definition) is 1. The van der Waals surface area contributed by atoms with Crippen molar-refractivity contribution in [2.75, 3.05) is 38.2 Å². The summed E-state index contributed by atoms with van der Waals surface area (Å²) in [7, 11) is 1.66. The maximum atomic E-state index is 5.98. The molecule has 1 aliphatic heterocycles. The summed E-state index contributed by atoms with van der Waals surface area (Å²) in [5.74, 6) is 1.42. The molecule has 0 amide bonds. The van der Waals surface area contributed by atoms with E-state index in [9.17, 15) is 0 Å². The average Bonchev–Trinajstić information content (AvgIpc) is 3.07. The van der Waals surface area contributed by atoms with Crippen LogP contribution in [0, 0.1) is 0 Å². The number of aromatic nitrogens is 1. The lowest BCUT2D eigenvalue weighted by atomic mass is 10.2. The summed E-state index contributed by atoms with van der Waals surface area (Å²) >= 11 is 0. The van der Waals surface area contributed by atoms with Crippen LogP contribution in [0.4, 0.5) is 5.69 Å². The quantitative estimate of drug-likeness (QED) is 0.806. The molecule has 0 bridgehead atoms. The molecule has 0 radical (unpaired) electrons. The van der Waals surface area contributed by atoms with Crippen LogP contribution in [0.5, 0.6) is 5.75 Å². The number of benzene rings is 2. The fourth-order valence-electron chi connectivity index (χ4n) is 2.97. The van der Waals surface area contributed by atoms with Crippen LogP contribution in [-0.2, 0) is 0 Å². The van der Waals surface area contributed by atoms with Crippen molar-refractivity contribution in [3.63, 3.8) is 0 Å². The van der Waals surface area contributed by atoms with Crippen LogP contribution in [0.15, 0.2) is 46.9 Å². The van der Waals surface area contributed by atoms with E-state index in [1.807, 2.05) is 36.4 Å². The number of ether oxygens (including phenoxy) is 1. The summed E-state index contributed by atoms with van der Waals surface area (Å²) in [5.41, 5.74) is 3.81. The third-order valence-corrected chi connectivity index (χ3v) is 4.17. The molecule has 4 rings (SSSR count). The molecule has 1 N–H and O–H groups in total. The zero-order valence-corrected chi connectivity index (χ0v) is 13.1. The van der Waals surface area contributed by atoms with E-state index in [4.69, 9.17) is 14.1 Å². The molecule has 0 atom stereocenters. The van der Waals surface area contributed by atoms with Gasteiger partial charge in [0.05, 0.1) is 12.8 Å². The Balaban J connectivity index is 1.78. The third-order valence-electron chi connectivity index (χ3n) is 4.17. The molecular formula is C18H19N3O2. The highest BCUT2D eigenvalue weighted by atomic mass is 16.5. The van der Waals surface area contributed by atoms with Gasteiger partial charge < -0.3 is 19.4 Å². The smallest absolute Gasteiger partial charge is 0.227 e. The topological polar surface area (TPSA) is 50.5 Å². The van der Waals surface area contributed by atoms with Gasteiger partial charge in [0.15, 0.2) is 5.58 Å². The number of rotatable bonds is 3. The molecule has 5 nitrogen and oxygen atoms in total. The summed E-state index contributed by atoms with van der Waals surface area (Å²) < 4.78 is 11.3. The maximum absolute atomic E-state index is 5.98. The Morgan fingerprint density at radius 1 is 1.13 bits per heavy atom. The Labute approximate surface area is 134 Å². The molecule has 1 aliphatic rings. The van der Waals surface area contributed by atoms with E-state index >= 15 is 0 Å². The molecule has 0 aliphatic carbocycles. The van der Waals surface area contributed by atoms with Crippen molar-refractivity contribution in [3.8, 4) is 17.2 Å². The van der Waals surface area contributed by atoms with Crippen LogP contribution in [0.1, 0.15) is 0 Å². The summed E-state index contributed by atoms with van der Waals surface area (Å²) in [4.78, 5) is 7.11. The lowest BCUT2D eigenvalue weighted by molar-refractivity contribution is 0.415. The van der Waals surface area contributed by atoms with Gasteiger partial charge >= 0.3 is 0 Å². The molecule has 0 unspecified atom stereocenters. The standard InChI is InChI=1S/C18H19N3O2/c1-22-14-5-2-4-13(12-14)18-20-17-15(6-3-7-16(17)23-18)21-10-8-19-9-11-21/h2-7,12,19H,8-11H2,1H3. The fourth-order valence-corrected chi connectivity index (χ4v) is 2.97. The molecular weight excluding hydrogens is 290 g/mol. The van der Waals surface area contributed by atoms with Crippen LogP contribution in [-0.4, -0.2) is 38.3 Å². The van der Waals surface area contributed by atoms with E-state index in [1.165, 1.54) is 0 Å². The van der Waals surface area contributed by atoms with E-state index in [1.54, 1.807) is 7.11 Å². The van der Waals surface area contributed by atoms with Crippen LogP contribution < -0.4 is 15.0 Å². The molecule has 2 heterocycles. The minimum atomic E-state index is 0.626. The van der Waals surface area contributed by atoms with Gasteiger partial charge in [-0.2, -0.15) is 0 Å². The second-order valence-electron chi connectivity index (χ2n) is 5.61. The Bertz CT molecular complexity index is 822. The van der Waals surface area contributed by atoms with E-state index in [0.717, 1.165) is 54.3 Å². The first kappa shape index (κ1) is 14.1. The minimum Gasteiger partial charge on any atom is -0.497 e. The predicted octanol–water partition coefficient (Wildman–Crippen LogP) is 2.91. The highest BCUT2D eigenvalue weighted by Gasteiger charge is 2.17. The molecule has 0 saturated carbocycles. The van der Waals surface area contributed by atoms with Gasteiger partial charge in [-0.3, -0.25) is 0 Å². The molecule has 23 heavy (non-hydrogen) atoms. The zero-order valence-electron chi connectivity index (χ0n) is 13.1. The van der Waals surface area contributed by atoms with Crippen molar-refractivity contribution < 1.29 is 9.15 Å². The Kier molecular flexibility index (Phi) is 3.63. The van der Waals surface area contributed by atoms with E-state index < -0.39 is 0 Å². The maximum Gasteiger partial charge on any atom is 0.227 e. The van der Waals surface area contributed by atoms with Crippen LogP contribution >= 0.6 is 0 Å². The van der Waals surface area contributed by atoms with Gasteiger partial charge in [0, 0.05) is 31.7 Å². The van der Waals surface area contributed by atoms with Gasteiger partial charge in [0.25, 0.3) is 0 Å². The Morgan fingerprint density at radius 3 is 2.78 bits per heavy atom. The van der Waals surface area contributed by atoms with Crippen molar-refractivity contribution in [2.45, 2.75) is 0 Å². The SMILES string of the molecule is COc1cccc(-c2nc3c(N4CCNCC4)cccc3o2)c1. The summed E-state index contributed by atoms with van der Waals surface area (Å²) in [5, 5.41) is 3.38. The van der Waals surface area contributed by atoms with Crippen molar-refractivity contribution in [1.29, 1.82) is 0 Å². The van der Waals surface area contributed by atoms with E-state index in [2.05, 4.69) is 16.3 Å². The normalized spacial score (nSPS) is 15.1. The number of para-hydroxylation sites is 1. The van der Waals surface area contributed by atoms with Gasteiger partial charge in [0.2, 0.25) is 5.89 Å². The van der Waals surface area contributed by atoms with Gasteiger partial charge in [-0.05, 0) is 30.3 Å². The summed E-state index contributed by atoms with van der Waals surface area (Å²) in [6, 6.07) is 13.9. The molecule has 1 saturated heterocycles. The molecule has 5 heteroatoms. The molecule has 2 aromatic carbocycles. The summed E-state index contributed by atoms with van der Waals surface area (Å²) in [6.07, 6.45) is 0. The van der Waals surface area contributed by atoms with Gasteiger partial charge in [0.1, 0.15) is 11.3 Å². The van der Waals surface area contributed by atoms with Gasteiger partial charge in [-0.15, -0.1) is 0 Å². The number of nitrogens with one attached hydrogen (secondary N) is 1. The van der Waals surface area contributed by atoms with Crippen molar-refractivity contribution in [1.82, 2.24) is 10.3 Å². The second-order valence-corrected chi connectivity index (χ2v) is 5.61. The van der Waals surface area contributed by atoms with E-state index in [0.29, 0.717) is 5.89 Å². The molecule has 3 aromatic rings. The minimum absolute atomic E-state index is 0.626. The van der Waals surface area contributed by atoms with Gasteiger partial charge in [-0.1, -0.05) is 12.1 Å². The first-order valence-corrected chi connectivity index (χ1v) is 7.85. The molecule has 1 fully saturated rings.